The molecule has 0 unspecified atom stereocenters. The molecular formula is C20H24FN3O3S. The number of nitrogens with one attached hydrogen (secondary N) is 1. The van der Waals surface area contributed by atoms with Crippen LogP contribution in [-0.4, -0.2) is 46.8 Å². The SMILES string of the molecule is CS(=O)(=O)N(CC(=O)NCCCN1CCc2ccccc21)c1cccc(F)c1. The molecule has 3 rings (SSSR count). The largest absolute Gasteiger partial charge is 0.371 e. The number of hydrogen-bond acceptors (Lipinski definition) is 4. The maximum absolute atomic E-state index is 13.4. The maximum Gasteiger partial charge on any atom is 0.240 e. The first-order valence-electron chi connectivity index (χ1n) is 9.17. The summed E-state index contributed by atoms with van der Waals surface area (Å²) in [4.78, 5) is 14.5. The van der Waals surface area contributed by atoms with Crippen molar-refractivity contribution in [3.8, 4) is 0 Å². The van der Waals surface area contributed by atoms with Crippen LogP contribution in [0, 0.1) is 5.82 Å². The van der Waals surface area contributed by atoms with E-state index in [1.165, 1.54) is 29.4 Å². The van der Waals surface area contributed by atoms with Crippen LogP contribution in [0.25, 0.3) is 0 Å². The number of nitrogens with zero attached hydrogens (tertiary/aromatic N) is 2. The molecule has 1 amide bonds. The number of fused-ring (bicyclic) bond motifs is 1. The summed E-state index contributed by atoms with van der Waals surface area (Å²) in [5.41, 5.74) is 2.71. The lowest BCUT2D eigenvalue weighted by Gasteiger charge is -2.22. The zero-order valence-corrected chi connectivity index (χ0v) is 16.6. The van der Waals surface area contributed by atoms with Crippen molar-refractivity contribution < 1.29 is 17.6 Å². The summed E-state index contributed by atoms with van der Waals surface area (Å²) in [7, 11) is -3.71. The van der Waals surface area contributed by atoms with Crippen molar-refractivity contribution in [3.63, 3.8) is 0 Å². The Balaban J connectivity index is 1.50. The Bertz CT molecular complexity index is 949. The molecule has 0 bridgehead atoms. The molecule has 0 radical (unpaired) electrons. The normalized spacial score (nSPS) is 13.3. The van der Waals surface area contributed by atoms with Gasteiger partial charge in [0.25, 0.3) is 0 Å². The van der Waals surface area contributed by atoms with E-state index < -0.39 is 21.7 Å². The number of amides is 1. The Hall–Kier alpha value is -2.61. The second-order valence-corrected chi connectivity index (χ2v) is 8.73. The van der Waals surface area contributed by atoms with Gasteiger partial charge in [0, 0.05) is 25.3 Å². The second kappa shape index (κ2) is 8.60. The van der Waals surface area contributed by atoms with E-state index in [4.69, 9.17) is 0 Å². The lowest BCUT2D eigenvalue weighted by atomic mass is 10.2. The molecule has 0 atom stereocenters. The minimum Gasteiger partial charge on any atom is -0.371 e. The second-order valence-electron chi connectivity index (χ2n) is 6.82. The van der Waals surface area contributed by atoms with Gasteiger partial charge in [-0.15, -0.1) is 0 Å². The van der Waals surface area contributed by atoms with E-state index in [9.17, 15) is 17.6 Å². The van der Waals surface area contributed by atoms with Crippen LogP contribution in [0.3, 0.4) is 0 Å². The zero-order chi connectivity index (χ0) is 20.1. The molecule has 0 aromatic heterocycles. The van der Waals surface area contributed by atoms with Gasteiger partial charge >= 0.3 is 0 Å². The molecule has 8 heteroatoms. The van der Waals surface area contributed by atoms with Gasteiger partial charge in [0.05, 0.1) is 11.9 Å². The molecule has 0 spiro atoms. The summed E-state index contributed by atoms with van der Waals surface area (Å²) in [6.45, 7) is 1.85. The van der Waals surface area contributed by atoms with Crippen molar-refractivity contribution in [2.45, 2.75) is 12.8 Å². The van der Waals surface area contributed by atoms with Gasteiger partial charge in [-0.1, -0.05) is 24.3 Å². The minimum absolute atomic E-state index is 0.131. The Labute approximate surface area is 165 Å². The number of halogens is 1. The van der Waals surface area contributed by atoms with E-state index in [0.717, 1.165) is 42.6 Å². The van der Waals surface area contributed by atoms with Crippen LogP contribution in [0.1, 0.15) is 12.0 Å². The first-order chi connectivity index (χ1) is 13.3. The molecule has 1 aliphatic rings. The molecule has 0 aliphatic carbocycles. The Morgan fingerprint density at radius 1 is 1.21 bits per heavy atom. The molecule has 2 aromatic rings. The highest BCUT2D eigenvalue weighted by atomic mass is 32.2. The number of carbonyl (C=O) groups excluding carboxylic acids is 1. The predicted molar refractivity (Wildman–Crippen MR) is 109 cm³/mol. The van der Waals surface area contributed by atoms with Crippen LogP contribution in [0.4, 0.5) is 15.8 Å². The smallest absolute Gasteiger partial charge is 0.240 e. The fourth-order valence-corrected chi connectivity index (χ4v) is 4.20. The number of sulfonamides is 1. The summed E-state index contributed by atoms with van der Waals surface area (Å²) >= 11 is 0. The van der Waals surface area contributed by atoms with E-state index in [0.29, 0.717) is 6.54 Å². The number of para-hydroxylation sites is 1. The van der Waals surface area contributed by atoms with E-state index in [-0.39, 0.29) is 12.2 Å². The topological polar surface area (TPSA) is 69.7 Å². The van der Waals surface area contributed by atoms with Crippen molar-refractivity contribution >= 4 is 27.3 Å². The van der Waals surface area contributed by atoms with Gasteiger partial charge in [-0.2, -0.15) is 0 Å². The number of carbonyl (C=O) groups is 1. The van der Waals surface area contributed by atoms with Crippen molar-refractivity contribution in [3.05, 3.63) is 59.9 Å². The van der Waals surface area contributed by atoms with E-state index >= 15 is 0 Å². The van der Waals surface area contributed by atoms with E-state index in [1.807, 2.05) is 12.1 Å². The average Bonchev–Trinajstić information content (AvgIpc) is 3.05. The molecule has 150 valence electrons. The van der Waals surface area contributed by atoms with Crippen LogP contribution in [0.15, 0.2) is 48.5 Å². The van der Waals surface area contributed by atoms with Crippen LogP contribution in [0.2, 0.25) is 0 Å². The molecule has 0 saturated heterocycles. The Kier molecular flexibility index (Phi) is 6.18. The van der Waals surface area contributed by atoms with Gasteiger partial charge in [-0.3, -0.25) is 9.10 Å². The Morgan fingerprint density at radius 2 is 2.00 bits per heavy atom. The van der Waals surface area contributed by atoms with Gasteiger partial charge in [0.15, 0.2) is 0 Å². The van der Waals surface area contributed by atoms with Gasteiger partial charge < -0.3 is 10.2 Å². The van der Waals surface area contributed by atoms with E-state index in [1.54, 1.807) is 0 Å². The molecule has 6 nitrogen and oxygen atoms in total. The third-order valence-electron chi connectivity index (χ3n) is 4.69. The standard InChI is InChI=1S/C20H24FN3O3S/c1-28(26,27)24(18-8-4-7-17(21)14-18)15-20(25)22-11-5-12-23-13-10-16-6-2-3-9-19(16)23/h2-4,6-9,14H,5,10-13,15H2,1H3,(H,22,25). The summed E-state index contributed by atoms with van der Waals surface area (Å²) in [5, 5.41) is 2.75. The molecule has 1 aliphatic heterocycles. The Morgan fingerprint density at radius 3 is 2.75 bits per heavy atom. The fourth-order valence-electron chi connectivity index (χ4n) is 3.35. The summed E-state index contributed by atoms with van der Waals surface area (Å²) in [6.07, 6.45) is 2.77. The van der Waals surface area contributed by atoms with Crippen LogP contribution < -0.4 is 14.5 Å². The van der Waals surface area contributed by atoms with Crippen molar-refractivity contribution in [2.75, 3.05) is 41.6 Å². The number of anilines is 2. The van der Waals surface area contributed by atoms with Crippen molar-refractivity contribution in [1.29, 1.82) is 0 Å². The highest BCUT2D eigenvalue weighted by Gasteiger charge is 2.21. The molecular weight excluding hydrogens is 381 g/mol. The average molecular weight is 405 g/mol. The van der Waals surface area contributed by atoms with Crippen molar-refractivity contribution in [2.24, 2.45) is 0 Å². The molecule has 1 N–H and O–H groups in total. The molecule has 28 heavy (non-hydrogen) atoms. The van der Waals surface area contributed by atoms with Gasteiger partial charge in [-0.25, -0.2) is 12.8 Å². The predicted octanol–water partition coefficient (Wildman–Crippen LogP) is 2.16. The maximum atomic E-state index is 13.4. The van der Waals surface area contributed by atoms with Gasteiger partial charge in [0.2, 0.25) is 15.9 Å². The van der Waals surface area contributed by atoms with Crippen LogP contribution >= 0.6 is 0 Å². The first kappa shape index (κ1) is 20.1. The molecule has 0 saturated carbocycles. The fraction of sp³-hybridized carbons (Fsp3) is 0.350. The summed E-state index contributed by atoms with van der Waals surface area (Å²) in [5.74, 6) is -0.978. The lowest BCUT2D eigenvalue weighted by molar-refractivity contribution is -0.119. The summed E-state index contributed by atoms with van der Waals surface area (Å²) < 4.78 is 38.4. The van der Waals surface area contributed by atoms with Gasteiger partial charge in [0.1, 0.15) is 12.4 Å². The highest BCUT2D eigenvalue weighted by Crippen LogP contribution is 2.27. The minimum atomic E-state index is -3.71. The third-order valence-corrected chi connectivity index (χ3v) is 5.83. The monoisotopic (exact) mass is 405 g/mol. The zero-order valence-electron chi connectivity index (χ0n) is 15.8. The number of benzene rings is 2. The third kappa shape index (κ3) is 5.01. The van der Waals surface area contributed by atoms with Crippen LogP contribution in [-0.2, 0) is 21.2 Å². The van der Waals surface area contributed by atoms with Crippen LogP contribution in [0.5, 0.6) is 0 Å². The number of hydrogen-bond donors (Lipinski definition) is 1. The van der Waals surface area contributed by atoms with E-state index in [2.05, 4.69) is 22.3 Å². The first-order valence-corrected chi connectivity index (χ1v) is 11.0. The highest BCUT2D eigenvalue weighted by molar-refractivity contribution is 7.92. The number of rotatable bonds is 8. The molecule has 1 heterocycles. The van der Waals surface area contributed by atoms with Crippen molar-refractivity contribution in [1.82, 2.24) is 5.32 Å². The summed E-state index contributed by atoms with van der Waals surface area (Å²) in [6, 6.07) is 13.5. The molecule has 0 fully saturated rings. The van der Waals surface area contributed by atoms with Gasteiger partial charge in [-0.05, 0) is 42.7 Å². The quantitative estimate of drug-likeness (QED) is 0.684. The molecule has 2 aromatic carbocycles. The lowest BCUT2D eigenvalue weighted by Crippen LogP contribution is -2.41.